The van der Waals surface area contributed by atoms with E-state index in [9.17, 15) is 22.8 Å². The highest BCUT2D eigenvalue weighted by Crippen LogP contribution is 2.37. The Kier molecular flexibility index (Phi) is 4.78. The number of nitrogens with zero attached hydrogens (tertiary/aromatic N) is 2. The average molecular weight is 353 g/mol. The van der Waals surface area contributed by atoms with E-state index >= 15 is 0 Å². The molecule has 1 aliphatic rings. The van der Waals surface area contributed by atoms with Crippen molar-refractivity contribution in [3.05, 3.63) is 40.7 Å². The van der Waals surface area contributed by atoms with Gasteiger partial charge in [-0.25, -0.2) is 0 Å². The van der Waals surface area contributed by atoms with Crippen LogP contribution in [0.4, 0.5) is 13.2 Å². The van der Waals surface area contributed by atoms with Gasteiger partial charge in [0.05, 0.1) is 17.6 Å². The number of fused-ring (bicyclic) bond motifs is 1. The van der Waals surface area contributed by atoms with Gasteiger partial charge in [0, 0.05) is 11.4 Å². The highest BCUT2D eigenvalue weighted by atomic mass is 19.4. The molecule has 0 spiro atoms. The molecule has 1 fully saturated rings. The number of hydrogen-bond donors (Lipinski definition) is 1. The third-order valence-electron chi connectivity index (χ3n) is 4.56. The molecule has 1 aliphatic carbocycles. The molecule has 0 radical (unpaired) electrons. The Balaban J connectivity index is 1.69. The van der Waals surface area contributed by atoms with Crippen molar-refractivity contribution < 1.29 is 18.0 Å². The summed E-state index contributed by atoms with van der Waals surface area (Å²) in [5, 5.41) is 7.07. The van der Waals surface area contributed by atoms with Gasteiger partial charge in [0.1, 0.15) is 6.54 Å². The van der Waals surface area contributed by atoms with Crippen LogP contribution in [0.25, 0.3) is 10.9 Å². The molecule has 5 nitrogen and oxygen atoms in total. The van der Waals surface area contributed by atoms with Crippen LogP contribution in [0, 0.1) is 5.92 Å². The van der Waals surface area contributed by atoms with Crippen molar-refractivity contribution in [2.24, 2.45) is 5.92 Å². The van der Waals surface area contributed by atoms with Crippen LogP contribution in [0.3, 0.4) is 0 Å². The molecule has 1 aromatic carbocycles. The van der Waals surface area contributed by atoms with Gasteiger partial charge in [-0.2, -0.15) is 18.3 Å². The lowest BCUT2D eigenvalue weighted by atomic mass is 9.85. The number of rotatable bonds is 3. The number of carbonyl (C=O) groups is 1. The van der Waals surface area contributed by atoms with Crippen LogP contribution in [0.5, 0.6) is 0 Å². The van der Waals surface area contributed by atoms with Gasteiger partial charge < -0.3 is 5.32 Å². The number of nitrogens with one attached hydrogen (secondary N) is 1. The summed E-state index contributed by atoms with van der Waals surface area (Å²) in [6.45, 7) is -0.145. The summed E-state index contributed by atoms with van der Waals surface area (Å²) in [5.74, 6) is -1.77. The summed E-state index contributed by atoms with van der Waals surface area (Å²) in [5.41, 5.74) is 0.273. The molecular weight excluding hydrogens is 335 g/mol. The van der Waals surface area contributed by atoms with E-state index < -0.39 is 24.0 Å². The van der Waals surface area contributed by atoms with Gasteiger partial charge in [0.25, 0.3) is 0 Å². The number of hydrogen-bond acceptors (Lipinski definition) is 3. The molecule has 0 unspecified atom stereocenters. The van der Waals surface area contributed by atoms with Gasteiger partial charge in [0.2, 0.25) is 11.3 Å². The second-order valence-electron chi connectivity index (χ2n) is 6.35. The zero-order valence-corrected chi connectivity index (χ0v) is 13.4. The molecule has 0 bridgehead atoms. The largest absolute Gasteiger partial charge is 0.391 e. The van der Waals surface area contributed by atoms with Gasteiger partial charge in [0.15, 0.2) is 0 Å². The first-order valence-electron chi connectivity index (χ1n) is 8.15. The topological polar surface area (TPSA) is 64.0 Å². The van der Waals surface area contributed by atoms with E-state index in [1.807, 2.05) is 0 Å². The molecule has 1 N–H and O–H groups in total. The molecule has 1 saturated carbocycles. The number of benzene rings is 1. The summed E-state index contributed by atoms with van der Waals surface area (Å²) in [6.07, 6.45) is -2.09. The number of halogens is 3. The minimum atomic E-state index is -4.22. The Morgan fingerprint density at radius 2 is 2.04 bits per heavy atom. The average Bonchev–Trinajstić information content (AvgIpc) is 2.57. The molecule has 25 heavy (non-hydrogen) atoms. The molecule has 1 amide bonds. The lowest BCUT2D eigenvalue weighted by Gasteiger charge is -2.31. The number of alkyl halides is 3. The number of carbonyl (C=O) groups excluding carboxylic acids is 1. The van der Waals surface area contributed by atoms with Crippen molar-refractivity contribution in [1.29, 1.82) is 0 Å². The summed E-state index contributed by atoms with van der Waals surface area (Å²) in [7, 11) is 0. The van der Waals surface area contributed by atoms with Gasteiger partial charge in [-0.3, -0.25) is 14.3 Å². The SMILES string of the molecule is O=C(Cn1ncc(=O)c2ccccc21)N[C@H]1CCC[C@H](C(F)(F)F)C1. The molecule has 1 aromatic heterocycles. The maximum absolute atomic E-state index is 12.9. The van der Waals surface area contributed by atoms with Crippen LogP contribution >= 0.6 is 0 Å². The monoisotopic (exact) mass is 353 g/mol. The quantitative estimate of drug-likeness (QED) is 0.923. The first-order valence-corrected chi connectivity index (χ1v) is 8.15. The van der Waals surface area contributed by atoms with E-state index in [0.717, 1.165) is 6.20 Å². The minimum absolute atomic E-state index is 0.0897. The van der Waals surface area contributed by atoms with Gasteiger partial charge >= 0.3 is 6.18 Å². The van der Waals surface area contributed by atoms with Gasteiger partial charge in [-0.15, -0.1) is 0 Å². The second kappa shape index (κ2) is 6.85. The van der Waals surface area contributed by atoms with E-state index in [1.54, 1.807) is 24.3 Å². The van der Waals surface area contributed by atoms with Crippen molar-refractivity contribution >= 4 is 16.8 Å². The molecule has 2 atom stereocenters. The standard InChI is InChI=1S/C17H18F3N3O2/c18-17(19,20)11-4-3-5-12(8-11)22-16(25)10-23-14-7-2-1-6-13(14)15(24)9-21-23/h1-2,6-7,9,11-12H,3-5,8,10H2,(H,22,25)/t11-,12-/m0/s1. The number of aromatic nitrogens is 2. The molecule has 2 aromatic rings. The van der Waals surface area contributed by atoms with E-state index in [-0.39, 0.29) is 24.8 Å². The Morgan fingerprint density at radius 3 is 2.80 bits per heavy atom. The number of para-hydroxylation sites is 1. The maximum Gasteiger partial charge on any atom is 0.391 e. The normalized spacial score (nSPS) is 21.2. The molecule has 0 aliphatic heterocycles. The fourth-order valence-corrected chi connectivity index (χ4v) is 3.31. The predicted molar refractivity (Wildman–Crippen MR) is 85.9 cm³/mol. The van der Waals surface area contributed by atoms with Crippen LogP contribution in [-0.2, 0) is 11.3 Å². The zero-order valence-electron chi connectivity index (χ0n) is 13.4. The Morgan fingerprint density at radius 1 is 1.28 bits per heavy atom. The van der Waals surface area contributed by atoms with Crippen molar-refractivity contribution in [1.82, 2.24) is 15.1 Å². The predicted octanol–water partition coefficient (Wildman–Crippen LogP) is 2.63. The summed E-state index contributed by atoms with van der Waals surface area (Å²) < 4.78 is 39.9. The lowest BCUT2D eigenvalue weighted by Crippen LogP contribution is -2.43. The Hall–Kier alpha value is -2.38. The summed E-state index contributed by atoms with van der Waals surface area (Å²) in [6, 6.07) is 6.28. The summed E-state index contributed by atoms with van der Waals surface area (Å²) in [4.78, 5) is 24.0. The van der Waals surface area contributed by atoms with Gasteiger partial charge in [-0.1, -0.05) is 18.6 Å². The van der Waals surface area contributed by atoms with Crippen molar-refractivity contribution in [3.8, 4) is 0 Å². The lowest BCUT2D eigenvalue weighted by molar-refractivity contribution is -0.184. The fourth-order valence-electron chi connectivity index (χ4n) is 3.31. The molecule has 134 valence electrons. The highest BCUT2D eigenvalue weighted by Gasteiger charge is 2.42. The smallest absolute Gasteiger partial charge is 0.352 e. The van der Waals surface area contributed by atoms with Crippen LogP contribution in [0.15, 0.2) is 35.3 Å². The minimum Gasteiger partial charge on any atom is -0.352 e. The molecule has 3 rings (SSSR count). The molecule has 0 saturated heterocycles. The zero-order chi connectivity index (χ0) is 18.0. The summed E-state index contributed by atoms with van der Waals surface area (Å²) >= 11 is 0. The van der Waals surface area contributed by atoms with Crippen molar-refractivity contribution in [3.63, 3.8) is 0 Å². The van der Waals surface area contributed by atoms with E-state index in [0.29, 0.717) is 23.7 Å². The van der Waals surface area contributed by atoms with E-state index in [2.05, 4.69) is 10.4 Å². The van der Waals surface area contributed by atoms with Crippen molar-refractivity contribution in [2.45, 2.75) is 44.4 Å². The Labute approximate surface area is 141 Å². The van der Waals surface area contributed by atoms with E-state index in [1.165, 1.54) is 4.68 Å². The van der Waals surface area contributed by atoms with Gasteiger partial charge in [-0.05, 0) is 31.4 Å². The third-order valence-corrected chi connectivity index (χ3v) is 4.56. The molecule has 1 heterocycles. The highest BCUT2D eigenvalue weighted by molar-refractivity contribution is 5.81. The second-order valence-corrected chi connectivity index (χ2v) is 6.35. The van der Waals surface area contributed by atoms with Crippen LogP contribution < -0.4 is 10.7 Å². The number of amides is 1. The molecule has 8 heteroatoms. The van der Waals surface area contributed by atoms with Crippen LogP contribution in [-0.4, -0.2) is 27.9 Å². The first-order chi connectivity index (χ1) is 11.8. The fraction of sp³-hybridized carbons (Fsp3) is 0.471. The maximum atomic E-state index is 12.9. The first kappa shape index (κ1) is 17.4. The Bertz CT molecular complexity index is 832. The molecular formula is C17H18F3N3O2. The van der Waals surface area contributed by atoms with Crippen LogP contribution in [0.1, 0.15) is 25.7 Å². The third kappa shape index (κ3) is 4.00. The van der Waals surface area contributed by atoms with Crippen molar-refractivity contribution in [2.75, 3.05) is 0 Å². The van der Waals surface area contributed by atoms with Crippen LogP contribution in [0.2, 0.25) is 0 Å². The van der Waals surface area contributed by atoms with E-state index in [4.69, 9.17) is 0 Å².